The lowest BCUT2D eigenvalue weighted by Gasteiger charge is -2.09. The number of hydrogen-bond donors (Lipinski definition) is 2. The highest BCUT2D eigenvalue weighted by atomic mass is 35.5. The minimum absolute atomic E-state index is 0.00220. The Morgan fingerprint density at radius 1 is 1.27 bits per heavy atom. The van der Waals surface area contributed by atoms with E-state index in [0.717, 1.165) is 11.1 Å². The van der Waals surface area contributed by atoms with Crippen LogP contribution in [0.1, 0.15) is 11.1 Å². The molecular weight excluding hydrogens is 356 g/mol. The van der Waals surface area contributed by atoms with Crippen molar-refractivity contribution in [3.05, 3.63) is 74.4 Å². The molecule has 2 aromatic carbocycles. The summed E-state index contributed by atoms with van der Waals surface area (Å²) in [5.74, 6) is -0.588. The third-order valence-corrected chi connectivity index (χ3v) is 3.84. The maximum Gasteiger partial charge on any atom is 0.289 e. The van der Waals surface area contributed by atoms with Crippen LogP contribution >= 0.6 is 11.6 Å². The second kappa shape index (κ2) is 8.14. The molecule has 8 heteroatoms. The molecule has 26 heavy (non-hydrogen) atoms. The number of nitrogens with one attached hydrogen (secondary N) is 2. The maximum absolute atomic E-state index is 12.3. The predicted molar refractivity (Wildman–Crippen MR) is 100.0 cm³/mol. The summed E-state index contributed by atoms with van der Waals surface area (Å²) < 4.78 is 0. The van der Waals surface area contributed by atoms with Crippen molar-refractivity contribution in [1.82, 2.24) is 0 Å². The molecule has 0 atom stereocenters. The second-order valence-electron chi connectivity index (χ2n) is 5.51. The second-order valence-corrected chi connectivity index (χ2v) is 5.92. The van der Waals surface area contributed by atoms with Gasteiger partial charge in [-0.3, -0.25) is 14.9 Å². The van der Waals surface area contributed by atoms with Gasteiger partial charge in [0.15, 0.2) is 0 Å². The Labute approximate surface area is 155 Å². The van der Waals surface area contributed by atoms with E-state index in [-0.39, 0.29) is 16.3 Å². The first-order valence-electron chi connectivity index (χ1n) is 7.51. The Morgan fingerprint density at radius 2 is 2.00 bits per heavy atom. The number of carbonyl (C=O) groups is 1. The Morgan fingerprint density at radius 3 is 2.62 bits per heavy atom. The van der Waals surface area contributed by atoms with Crippen LogP contribution in [0.2, 0.25) is 5.02 Å². The first-order chi connectivity index (χ1) is 12.3. The molecule has 0 unspecified atom stereocenters. The summed E-state index contributed by atoms with van der Waals surface area (Å²) in [6.07, 6.45) is 1.19. The van der Waals surface area contributed by atoms with Crippen molar-refractivity contribution in [1.29, 1.82) is 5.26 Å². The zero-order chi connectivity index (χ0) is 19.3. The summed E-state index contributed by atoms with van der Waals surface area (Å²) >= 11 is 5.75. The Hall–Kier alpha value is -3.37. The van der Waals surface area contributed by atoms with E-state index in [9.17, 15) is 20.2 Å². The summed E-state index contributed by atoms with van der Waals surface area (Å²) in [6.45, 7) is 3.79. The molecule has 0 bridgehead atoms. The number of nitrogens with zero attached hydrogens (tertiary/aromatic N) is 2. The first-order valence-corrected chi connectivity index (χ1v) is 7.89. The van der Waals surface area contributed by atoms with E-state index in [4.69, 9.17) is 11.6 Å². The van der Waals surface area contributed by atoms with Crippen LogP contribution in [0.3, 0.4) is 0 Å². The SMILES string of the molecule is Cc1ccc(NC(=O)/C(C#N)=C\Nc2ccc(Cl)c([N+](=O)[O-])c2)c(C)c1. The van der Waals surface area contributed by atoms with Gasteiger partial charge in [-0.1, -0.05) is 29.3 Å². The fourth-order valence-electron chi connectivity index (χ4n) is 2.19. The van der Waals surface area contributed by atoms with Crippen LogP contribution in [-0.4, -0.2) is 10.8 Å². The van der Waals surface area contributed by atoms with E-state index < -0.39 is 10.8 Å². The van der Waals surface area contributed by atoms with E-state index in [1.807, 2.05) is 26.0 Å². The molecule has 0 aromatic heterocycles. The van der Waals surface area contributed by atoms with Crippen LogP contribution < -0.4 is 10.6 Å². The molecule has 0 saturated carbocycles. The minimum Gasteiger partial charge on any atom is -0.360 e. The zero-order valence-electron chi connectivity index (χ0n) is 14.0. The number of nitro groups is 1. The first kappa shape index (κ1) is 19.0. The number of anilines is 2. The number of amides is 1. The summed E-state index contributed by atoms with van der Waals surface area (Å²) in [5.41, 5.74) is 2.41. The van der Waals surface area contributed by atoms with Crippen molar-refractivity contribution in [2.24, 2.45) is 0 Å². The molecule has 0 fully saturated rings. The Kier molecular flexibility index (Phi) is 5.94. The van der Waals surface area contributed by atoms with Gasteiger partial charge in [0.2, 0.25) is 0 Å². The lowest BCUT2D eigenvalue weighted by Crippen LogP contribution is -2.15. The number of halogens is 1. The fraction of sp³-hybridized carbons (Fsp3) is 0.111. The van der Waals surface area contributed by atoms with Gasteiger partial charge < -0.3 is 10.6 Å². The van der Waals surface area contributed by atoms with E-state index in [2.05, 4.69) is 10.6 Å². The molecule has 0 spiro atoms. The lowest BCUT2D eigenvalue weighted by molar-refractivity contribution is -0.384. The predicted octanol–water partition coefficient (Wildman–Crippen LogP) is 4.32. The number of nitriles is 1. The van der Waals surface area contributed by atoms with Gasteiger partial charge in [0.05, 0.1) is 4.92 Å². The molecule has 0 saturated heterocycles. The van der Waals surface area contributed by atoms with Crippen molar-refractivity contribution in [3.63, 3.8) is 0 Å². The highest BCUT2D eigenvalue weighted by Crippen LogP contribution is 2.27. The van der Waals surface area contributed by atoms with E-state index >= 15 is 0 Å². The summed E-state index contributed by atoms with van der Waals surface area (Å²) in [6, 6.07) is 11.4. The van der Waals surface area contributed by atoms with Crippen molar-refractivity contribution in [2.75, 3.05) is 10.6 Å². The van der Waals surface area contributed by atoms with Crippen molar-refractivity contribution in [2.45, 2.75) is 13.8 Å². The third-order valence-electron chi connectivity index (χ3n) is 3.52. The van der Waals surface area contributed by atoms with Crippen LogP contribution in [-0.2, 0) is 4.79 Å². The molecule has 2 N–H and O–H groups in total. The summed E-state index contributed by atoms with van der Waals surface area (Å²) in [4.78, 5) is 22.5. The Bertz CT molecular complexity index is 948. The zero-order valence-corrected chi connectivity index (χ0v) is 14.8. The van der Waals surface area contributed by atoms with Crippen molar-refractivity contribution < 1.29 is 9.72 Å². The highest BCUT2D eigenvalue weighted by molar-refractivity contribution is 6.32. The van der Waals surface area contributed by atoms with Gasteiger partial charge in [0.25, 0.3) is 11.6 Å². The molecule has 7 nitrogen and oxygen atoms in total. The van der Waals surface area contributed by atoms with Gasteiger partial charge in [-0.05, 0) is 37.6 Å². The maximum atomic E-state index is 12.3. The van der Waals surface area contributed by atoms with Crippen molar-refractivity contribution in [3.8, 4) is 6.07 Å². The lowest BCUT2D eigenvalue weighted by atomic mass is 10.1. The molecule has 0 aliphatic carbocycles. The smallest absolute Gasteiger partial charge is 0.289 e. The van der Waals surface area contributed by atoms with Gasteiger partial charge in [0, 0.05) is 23.6 Å². The van der Waals surface area contributed by atoms with Gasteiger partial charge >= 0.3 is 0 Å². The van der Waals surface area contributed by atoms with Gasteiger partial charge in [0.1, 0.15) is 16.7 Å². The topological polar surface area (TPSA) is 108 Å². The van der Waals surface area contributed by atoms with E-state index in [0.29, 0.717) is 11.4 Å². The van der Waals surface area contributed by atoms with Crippen LogP contribution in [0.5, 0.6) is 0 Å². The average molecular weight is 371 g/mol. The minimum atomic E-state index is -0.616. The monoisotopic (exact) mass is 370 g/mol. The molecule has 0 heterocycles. The number of aryl methyl sites for hydroxylation is 2. The molecule has 2 rings (SSSR count). The highest BCUT2D eigenvalue weighted by Gasteiger charge is 2.14. The number of carbonyl (C=O) groups excluding carboxylic acids is 1. The standard InChI is InChI=1S/C18H15ClN4O3/c1-11-3-6-16(12(2)7-11)22-18(24)13(9-20)10-21-14-4-5-15(19)17(8-14)23(25)26/h3-8,10,21H,1-2H3,(H,22,24)/b13-10-. The van der Waals surface area contributed by atoms with Crippen LogP contribution in [0.15, 0.2) is 48.2 Å². The van der Waals surface area contributed by atoms with Crippen LogP contribution in [0, 0.1) is 35.3 Å². The summed E-state index contributed by atoms with van der Waals surface area (Å²) in [5, 5.41) is 25.5. The van der Waals surface area contributed by atoms with Crippen LogP contribution in [0.25, 0.3) is 0 Å². The van der Waals surface area contributed by atoms with Gasteiger partial charge in [-0.15, -0.1) is 0 Å². The molecule has 0 aliphatic heterocycles. The largest absolute Gasteiger partial charge is 0.360 e. The number of hydrogen-bond acceptors (Lipinski definition) is 5. The molecule has 0 aliphatic rings. The van der Waals surface area contributed by atoms with E-state index in [1.54, 1.807) is 12.1 Å². The number of nitro benzene ring substituents is 1. The molecule has 1 amide bonds. The van der Waals surface area contributed by atoms with Gasteiger partial charge in [-0.25, -0.2) is 0 Å². The van der Waals surface area contributed by atoms with Crippen LogP contribution in [0.4, 0.5) is 17.1 Å². The number of benzene rings is 2. The Balaban J connectivity index is 2.17. The average Bonchev–Trinajstić information content (AvgIpc) is 2.59. The van der Waals surface area contributed by atoms with Gasteiger partial charge in [-0.2, -0.15) is 5.26 Å². The molecule has 2 aromatic rings. The molecular formula is C18H15ClN4O3. The normalized spacial score (nSPS) is 10.8. The number of rotatable bonds is 5. The third kappa shape index (κ3) is 4.59. The molecule has 0 radical (unpaired) electrons. The van der Waals surface area contributed by atoms with E-state index in [1.165, 1.54) is 24.4 Å². The molecule has 132 valence electrons. The quantitative estimate of drug-likeness (QED) is 0.352. The summed E-state index contributed by atoms with van der Waals surface area (Å²) in [7, 11) is 0. The van der Waals surface area contributed by atoms with Crippen molar-refractivity contribution >= 4 is 34.6 Å². The fourth-order valence-corrected chi connectivity index (χ4v) is 2.38.